The van der Waals surface area contributed by atoms with Crippen molar-refractivity contribution >= 4 is 69.4 Å². The van der Waals surface area contributed by atoms with Crippen LogP contribution in [0.2, 0.25) is 5.02 Å². The van der Waals surface area contributed by atoms with Gasteiger partial charge in [0.05, 0.1) is 10.5 Å². The molecule has 0 aromatic heterocycles. The van der Waals surface area contributed by atoms with E-state index in [1.54, 1.807) is 24.3 Å². The van der Waals surface area contributed by atoms with Crippen molar-refractivity contribution in [2.45, 2.75) is 6.42 Å². The van der Waals surface area contributed by atoms with Gasteiger partial charge in [0.25, 0.3) is 5.91 Å². The number of carboxylic acid groups (broad SMARTS) is 1. The molecule has 1 aliphatic rings. The van der Waals surface area contributed by atoms with Gasteiger partial charge in [-0.05, 0) is 42.0 Å². The minimum absolute atomic E-state index is 0.0481. The first-order chi connectivity index (χ1) is 13.8. The van der Waals surface area contributed by atoms with Crippen molar-refractivity contribution in [2.24, 2.45) is 0 Å². The Labute approximate surface area is 181 Å². The number of nitrogens with zero attached hydrogens (tertiary/aromatic N) is 1. The van der Waals surface area contributed by atoms with Crippen LogP contribution < -0.4 is 5.32 Å². The number of aromatic carboxylic acids is 1. The third kappa shape index (κ3) is 5.23. The van der Waals surface area contributed by atoms with Crippen LogP contribution in [0.15, 0.2) is 53.4 Å². The third-order valence-corrected chi connectivity index (χ3v) is 5.77. The van der Waals surface area contributed by atoms with Crippen LogP contribution in [-0.2, 0) is 9.59 Å². The fourth-order valence-corrected chi connectivity index (χ4v) is 4.05. The predicted octanol–water partition coefficient (Wildman–Crippen LogP) is 4.27. The molecule has 0 spiro atoms. The highest BCUT2D eigenvalue weighted by atomic mass is 35.5. The lowest BCUT2D eigenvalue weighted by Crippen LogP contribution is -2.31. The first kappa shape index (κ1) is 21.0. The van der Waals surface area contributed by atoms with Gasteiger partial charge in [0.2, 0.25) is 5.91 Å². The Morgan fingerprint density at radius 1 is 1.17 bits per heavy atom. The highest BCUT2D eigenvalue weighted by molar-refractivity contribution is 8.26. The molecule has 0 atom stereocenters. The Kier molecular flexibility index (Phi) is 6.68. The number of benzene rings is 2. The van der Waals surface area contributed by atoms with Crippen molar-refractivity contribution in [1.82, 2.24) is 4.90 Å². The van der Waals surface area contributed by atoms with Gasteiger partial charge >= 0.3 is 5.97 Å². The summed E-state index contributed by atoms with van der Waals surface area (Å²) in [5, 5.41) is 12.1. The second-order valence-corrected chi connectivity index (χ2v) is 8.12. The molecule has 1 aliphatic heterocycles. The number of carboxylic acids is 1. The molecule has 148 valence electrons. The number of carbonyl (C=O) groups is 3. The summed E-state index contributed by atoms with van der Waals surface area (Å²) < 4.78 is 0.381. The molecule has 2 N–H and O–H groups in total. The van der Waals surface area contributed by atoms with Crippen LogP contribution in [0.4, 0.5) is 5.69 Å². The number of thiocarbonyl (C=S) groups is 1. The van der Waals surface area contributed by atoms with E-state index >= 15 is 0 Å². The van der Waals surface area contributed by atoms with E-state index in [-0.39, 0.29) is 30.3 Å². The zero-order valence-electron chi connectivity index (χ0n) is 14.9. The van der Waals surface area contributed by atoms with E-state index in [4.69, 9.17) is 28.9 Å². The van der Waals surface area contributed by atoms with Gasteiger partial charge in [-0.15, -0.1) is 0 Å². The van der Waals surface area contributed by atoms with Crippen molar-refractivity contribution < 1.29 is 19.5 Å². The van der Waals surface area contributed by atoms with Gasteiger partial charge in [0.1, 0.15) is 4.32 Å². The van der Waals surface area contributed by atoms with Gasteiger partial charge in [-0.3, -0.25) is 14.5 Å². The molecule has 9 heteroatoms. The molecule has 2 aromatic rings. The Balaban J connectivity index is 1.59. The first-order valence-electron chi connectivity index (χ1n) is 8.48. The topological polar surface area (TPSA) is 86.7 Å². The highest BCUT2D eigenvalue weighted by Gasteiger charge is 2.32. The highest BCUT2D eigenvalue weighted by Crippen LogP contribution is 2.33. The molecule has 0 unspecified atom stereocenters. The average Bonchev–Trinajstić information content (AvgIpc) is 2.95. The molecule has 3 rings (SSSR count). The summed E-state index contributed by atoms with van der Waals surface area (Å²) in [5.74, 6) is -1.61. The number of carbonyl (C=O) groups excluding carboxylic acids is 2. The Morgan fingerprint density at radius 2 is 1.86 bits per heavy atom. The quantitative estimate of drug-likeness (QED) is 0.509. The van der Waals surface area contributed by atoms with Crippen LogP contribution in [0.3, 0.4) is 0 Å². The van der Waals surface area contributed by atoms with Gasteiger partial charge in [0.15, 0.2) is 0 Å². The van der Waals surface area contributed by atoms with Gasteiger partial charge in [-0.25, -0.2) is 4.79 Å². The Morgan fingerprint density at radius 3 is 2.52 bits per heavy atom. The number of rotatable bonds is 6. The first-order valence-corrected chi connectivity index (χ1v) is 10.1. The number of halogens is 1. The lowest BCUT2D eigenvalue weighted by Gasteiger charge is -2.14. The number of amides is 2. The fourth-order valence-electron chi connectivity index (χ4n) is 2.56. The molecule has 29 heavy (non-hydrogen) atoms. The zero-order chi connectivity index (χ0) is 21.0. The van der Waals surface area contributed by atoms with Crippen molar-refractivity contribution in [3.8, 4) is 0 Å². The van der Waals surface area contributed by atoms with E-state index in [0.29, 0.717) is 19.9 Å². The van der Waals surface area contributed by atoms with Crippen LogP contribution in [-0.4, -0.2) is 38.7 Å². The largest absolute Gasteiger partial charge is 0.478 e. The van der Waals surface area contributed by atoms with E-state index in [9.17, 15) is 14.4 Å². The van der Waals surface area contributed by atoms with Crippen LogP contribution in [0.5, 0.6) is 0 Å². The van der Waals surface area contributed by atoms with Gasteiger partial charge in [-0.2, -0.15) is 0 Å². The van der Waals surface area contributed by atoms with E-state index in [1.807, 2.05) is 6.07 Å². The SMILES string of the molecule is O=C(CCN1C(=O)/C(=C/c2ccccc2Cl)SC1=S)Nc1ccc(C(=O)O)cc1. The fraction of sp³-hybridized carbons (Fsp3) is 0.100. The van der Waals surface area contributed by atoms with Crippen molar-refractivity contribution in [2.75, 3.05) is 11.9 Å². The van der Waals surface area contributed by atoms with Crippen LogP contribution in [0.1, 0.15) is 22.3 Å². The second kappa shape index (κ2) is 9.21. The summed E-state index contributed by atoms with van der Waals surface area (Å²) in [6.07, 6.45) is 1.73. The lowest BCUT2D eigenvalue weighted by molar-refractivity contribution is -0.122. The zero-order valence-corrected chi connectivity index (χ0v) is 17.3. The molecule has 6 nitrogen and oxygen atoms in total. The molecule has 2 aromatic carbocycles. The van der Waals surface area contributed by atoms with Crippen molar-refractivity contribution in [3.63, 3.8) is 0 Å². The summed E-state index contributed by atoms with van der Waals surface area (Å²) in [6.45, 7) is 0.142. The molecule has 1 fully saturated rings. The van der Waals surface area contributed by atoms with E-state index in [0.717, 1.165) is 5.56 Å². The predicted molar refractivity (Wildman–Crippen MR) is 118 cm³/mol. The van der Waals surface area contributed by atoms with Crippen LogP contribution in [0.25, 0.3) is 6.08 Å². The summed E-state index contributed by atoms with van der Waals surface area (Å²) in [6, 6.07) is 13.0. The number of thioether (sulfide) groups is 1. The third-order valence-electron chi connectivity index (χ3n) is 4.04. The molecule has 0 aliphatic carbocycles. The molecule has 0 bridgehead atoms. The molecule has 0 saturated carbocycles. The maximum atomic E-state index is 12.6. The van der Waals surface area contributed by atoms with Crippen molar-refractivity contribution in [3.05, 3.63) is 69.6 Å². The monoisotopic (exact) mass is 446 g/mol. The van der Waals surface area contributed by atoms with E-state index in [2.05, 4.69) is 5.32 Å². The minimum Gasteiger partial charge on any atom is -0.478 e. The average molecular weight is 447 g/mol. The Bertz CT molecular complexity index is 1020. The summed E-state index contributed by atoms with van der Waals surface area (Å²) in [4.78, 5) is 37.5. The summed E-state index contributed by atoms with van der Waals surface area (Å²) in [7, 11) is 0. The second-order valence-electron chi connectivity index (χ2n) is 6.04. The van der Waals surface area contributed by atoms with Crippen LogP contribution >= 0.6 is 35.6 Å². The maximum absolute atomic E-state index is 12.6. The van der Waals surface area contributed by atoms with Gasteiger partial charge in [0, 0.05) is 23.7 Å². The Hall–Kier alpha value is -2.68. The minimum atomic E-state index is -1.04. The molecular weight excluding hydrogens is 432 g/mol. The number of nitrogens with one attached hydrogen (secondary N) is 1. The van der Waals surface area contributed by atoms with Gasteiger partial charge < -0.3 is 10.4 Å². The standard InChI is InChI=1S/C20H15ClN2O4S2/c21-15-4-2-1-3-13(15)11-16-18(25)23(20(28)29-16)10-9-17(24)22-14-7-5-12(6-8-14)19(26)27/h1-8,11H,9-10H2,(H,22,24)(H,26,27)/b16-11-. The summed E-state index contributed by atoms with van der Waals surface area (Å²) in [5.41, 5.74) is 1.33. The summed E-state index contributed by atoms with van der Waals surface area (Å²) >= 11 is 12.6. The smallest absolute Gasteiger partial charge is 0.335 e. The van der Waals surface area contributed by atoms with Crippen LogP contribution in [0, 0.1) is 0 Å². The lowest BCUT2D eigenvalue weighted by atomic mass is 10.2. The van der Waals surface area contributed by atoms with E-state index < -0.39 is 5.97 Å². The molecule has 2 amide bonds. The molecule has 1 heterocycles. The maximum Gasteiger partial charge on any atom is 0.335 e. The molecular formula is C20H15ClN2O4S2. The molecule has 1 saturated heterocycles. The normalized spacial score (nSPS) is 15.1. The number of hydrogen-bond acceptors (Lipinski definition) is 5. The van der Waals surface area contributed by atoms with Gasteiger partial charge in [-0.1, -0.05) is 53.8 Å². The number of hydrogen-bond donors (Lipinski definition) is 2. The van der Waals surface area contributed by atoms with Crippen molar-refractivity contribution in [1.29, 1.82) is 0 Å². The number of anilines is 1. The van der Waals surface area contributed by atoms with E-state index in [1.165, 1.54) is 40.9 Å². The molecule has 0 radical (unpaired) electrons.